The third-order valence-corrected chi connectivity index (χ3v) is 7.42. The molecule has 1 atom stereocenters. The lowest BCUT2D eigenvalue weighted by molar-refractivity contribution is -0.138. The number of morpholine rings is 1. The lowest BCUT2D eigenvalue weighted by Crippen LogP contribution is -2.45. The van der Waals surface area contributed by atoms with Crippen molar-refractivity contribution < 1.29 is 27.8 Å². The van der Waals surface area contributed by atoms with Gasteiger partial charge in [0.05, 0.1) is 48.0 Å². The molecule has 1 amide bonds. The Bertz CT molecular complexity index is 1390. The fourth-order valence-electron chi connectivity index (χ4n) is 4.12. The van der Waals surface area contributed by atoms with Crippen molar-refractivity contribution in [1.82, 2.24) is 14.7 Å². The quantitative estimate of drug-likeness (QED) is 0.457. The number of hydrogen-bond donors (Lipinski definition) is 1. The van der Waals surface area contributed by atoms with Crippen molar-refractivity contribution in [2.45, 2.75) is 18.8 Å². The fraction of sp³-hybridized carbons (Fsp3) is 0.292. The topological polar surface area (TPSA) is 80.0 Å². The highest BCUT2D eigenvalue weighted by atomic mass is 79.9. The predicted octanol–water partition coefficient (Wildman–Crippen LogP) is 4.53. The number of amides is 1. The van der Waals surface area contributed by atoms with E-state index in [4.69, 9.17) is 4.74 Å². The van der Waals surface area contributed by atoms with Gasteiger partial charge in [0.25, 0.3) is 5.91 Å². The van der Waals surface area contributed by atoms with Crippen LogP contribution in [0.5, 0.6) is 0 Å². The lowest BCUT2D eigenvalue weighted by Gasteiger charge is -2.32. The molecular weight excluding hydrogens is 561 g/mol. The Morgan fingerprint density at radius 1 is 1.25 bits per heavy atom. The SMILES string of the molecule is O=C1N=C(N2CCO[C@@H](CO)C2)S/C1=C\c1ccc2c(cnn2Cc2ccc(Br)cc2C(F)(F)F)c1. The third-order valence-electron chi connectivity index (χ3n) is 5.88. The number of ether oxygens (including phenoxy) is 1. The number of aromatic nitrogens is 2. The molecule has 3 aromatic rings. The van der Waals surface area contributed by atoms with Crippen LogP contribution >= 0.6 is 27.7 Å². The summed E-state index contributed by atoms with van der Waals surface area (Å²) >= 11 is 4.38. The highest BCUT2D eigenvalue weighted by molar-refractivity contribution is 9.10. The number of carbonyl (C=O) groups excluding carboxylic acids is 1. The van der Waals surface area contributed by atoms with Crippen molar-refractivity contribution >= 4 is 55.7 Å². The average molecular weight is 581 g/mol. The normalized spacial score (nSPS) is 20.0. The van der Waals surface area contributed by atoms with Gasteiger partial charge in [0.1, 0.15) is 0 Å². The molecule has 2 aliphatic heterocycles. The second-order valence-corrected chi connectivity index (χ2v) is 10.3. The highest BCUT2D eigenvalue weighted by Gasteiger charge is 2.34. The van der Waals surface area contributed by atoms with Crippen molar-refractivity contribution in [3.8, 4) is 0 Å². The summed E-state index contributed by atoms with van der Waals surface area (Å²) in [5, 5.41) is 15.0. The number of fused-ring (bicyclic) bond motifs is 1. The molecule has 0 bridgehead atoms. The van der Waals surface area contributed by atoms with E-state index in [-0.39, 0.29) is 30.7 Å². The Morgan fingerprint density at radius 2 is 2.08 bits per heavy atom. The van der Waals surface area contributed by atoms with Crippen molar-refractivity contribution in [3.05, 3.63) is 68.7 Å². The number of thioether (sulfide) groups is 1. The maximum absolute atomic E-state index is 13.5. The van der Waals surface area contributed by atoms with Crippen molar-refractivity contribution in [3.63, 3.8) is 0 Å². The summed E-state index contributed by atoms with van der Waals surface area (Å²) in [5.41, 5.74) is 0.842. The minimum absolute atomic E-state index is 0.0357. The summed E-state index contributed by atoms with van der Waals surface area (Å²) in [5.74, 6) is -0.340. The summed E-state index contributed by atoms with van der Waals surface area (Å²) in [4.78, 5) is 19.0. The Labute approximate surface area is 216 Å². The maximum atomic E-state index is 13.5. The number of amidine groups is 1. The summed E-state index contributed by atoms with van der Waals surface area (Å²) in [6, 6.07) is 9.49. The van der Waals surface area contributed by atoms with Gasteiger partial charge in [0.2, 0.25) is 0 Å². The first kappa shape index (κ1) is 25.0. The summed E-state index contributed by atoms with van der Waals surface area (Å²) in [6.07, 6.45) is -1.46. The first-order chi connectivity index (χ1) is 17.2. The number of halogens is 4. The molecule has 1 saturated heterocycles. The van der Waals surface area contributed by atoms with Gasteiger partial charge in [-0.1, -0.05) is 28.1 Å². The van der Waals surface area contributed by atoms with Crippen LogP contribution in [0.15, 0.2) is 57.0 Å². The Hall–Kier alpha value is -2.67. The zero-order valence-electron chi connectivity index (χ0n) is 18.7. The maximum Gasteiger partial charge on any atom is 0.416 e. The van der Waals surface area contributed by atoms with E-state index in [0.29, 0.717) is 39.8 Å². The van der Waals surface area contributed by atoms with Gasteiger partial charge >= 0.3 is 6.18 Å². The van der Waals surface area contributed by atoms with Crippen LogP contribution in [-0.2, 0) is 22.3 Å². The molecule has 2 aliphatic rings. The number of rotatable bonds is 4. The van der Waals surface area contributed by atoms with Crippen LogP contribution in [-0.4, -0.2) is 63.3 Å². The molecule has 7 nitrogen and oxygen atoms in total. The predicted molar refractivity (Wildman–Crippen MR) is 134 cm³/mol. The Morgan fingerprint density at radius 3 is 2.86 bits per heavy atom. The first-order valence-electron chi connectivity index (χ1n) is 11.0. The summed E-state index contributed by atoms with van der Waals surface area (Å²) in [7, 11) is 0. The standard InChI is InChI=1S/C24H20BrF3N4O3S/c25-17-3-2-15(19(9-17)24(26,27)28)11-32-20-4-1-14(7-16(20)10-29-32)8-21-22(34)30-23(36-21)31-5-6-35-18(12-31)13-33/h1-4,7-10,18,33H,5-6,11-13H2/b21-8-/t18-/m1/s1. The van der Waals surface area contributed by atoms with E-state index in [0.717, 1.165) is 17.0 Å². The smallest absolute Gasteiger partial charge is 0.394 e. The molecule has 0 radical (unpaired) electrons. The van der Waals surface area contributed by atoms with E-state index >= 15 is 0 Å². The number of hydrogen-bond acceptors (Lipinski definition) is 6. The largest absolute Gasteiger partial charge is 0.416 e. The lowest BCUT2D eigenvalue weighted by atomic mass is 10.1. The van der Waals surface area contributed by atoms with Crippen LogP contribution in [0.3, 0.4) is 0 Å². The van der Waals surface area contributed by atoms with Gasteiger partial charge < -0.3 is 14.7 Å². The molecule has 5 rings (SSSR count). The first-order valence-corrected chi connectivity index (χ1v) is 12.6. The second kappa shape index (κ2) is 10.0. The minimum Gasteiger partial charge on any atom is -0.394 e. The molecule has 2 aromatic carbocycles. The van der Waals surface area contributed by atoms with Gasteiger partial charge in [-0.2, -0.15) is 23.3 Å². The van der Waals surface area contributed by atoms with Gasteiger partial charge in [-0.25, -0.2) is 0 Å². The second-order valence-electron chi connectivity index (χ2n) is 8.35. The zero-order valence-corrected chi connectivity index (χ0v) is 21.1. The van der Waals surface area contributed by atoms with E-state index in [1.54, 1.807) is 30.5 Å². The van der Waals surface area contributed by atoms with E-state index in [1.807, 2.05) is 11.0 Å². The van der Waals surface area contributed by atoms with Gasteiger partial charge in [0.15, 0.2) is 5.17 Å². The molecule has 3 heterocycles. The number of alkyl halides is 3. The number of aliphatic hydroxyl groups is 1. The monoisotopic (exact) mass is 580 g/mol. The minimum atomic E-state index is -4.48. The Balaban J connectivity index is 1.35. The molecule has 0 saturated carbocycles. The van der Waals surface area contributed by atoms with Crippen molar-refractivity contribution in [1.29, 1.82) is 0 Å². The van der Waals surface area contributed by atoms with E-state index < -0.39 is 11.7 Å². The van der Waals surface area contributed by atoms with Crippen molar-refractivity contribution in [2.24, 2.45) is 4.99 Å². The third kappa shape index (κ3) is 5.22. The van der Waals surface area contributed by atoms with Crippen LogP contribution in [0.4, 0.5) is 13.2 Å². The van der Waals surface area contributed by atoms with Gasteiger partial charge in [-0.15, -0.1) is 0 Å². The van der Waals surface area contributed by atoms with Crippen LogP contribution in [0.1, 0.15) is 16.7 Å². The van der Waals surface area contributed by atoms with E-state index in [2.05, 4.69) is 26.0 Å². The van der Waals surface area contributed by atoms with E-state index in [9.17, 15) is 23.1 Å². The molecule has 12 heteroatoms. The number of benzene rings is 2. The van der Waals surface area contributed by atoms with Gasteiger partial charge in [0, 0.05) is 22.9 Å². The number of carbonyl (C=O) groups is 1. The average Bonchev–Trinajstić information content (AvgIpc) is 3.42. The summed E-state index contributed by atoms with van der Waals surface area (Å²) in [6.45, 7) is 1.36. The van der Waals surface area contributed by atoms with Crippen LogP contribution in [0.2, 0.25) is 0 Å². The molecule has 0 aliphatic carbocycles. The highest BCUT2D eigenvalue weighted by Crippen LogP contribution is 2.35. The molecular formula is C24H20BrF3N4O3S. The fourth-order valence-corrected chi connectivity index (χ4v) is 5.43. The number of aliphatic hydroxyl groups excluding tert-OH is 1. The molecule has 1 aromatic heterocycles. The molecule has 0 unspecified atom stereocenters. The van der Waals surface area contributed by atoms with Gasteiger partial charge in [-0.05, 0) is 53.2 Å². The van der Waals surface area contributed by atoms with E-state index in [1.165, 1.54) is 22.5 Å². The zero-order chi connectivity index (χ0) is 25.4. The molecule has 1 fully saturated rings. The van der Waals surface area contributed by atoms with Gasteiger partial charge in [-0.3, -0.25) is 9.48 Å². The molecule has 1 N–H and O–H groups in total. The van der Waals surface area contributed by atoms with Crippen LogP contribution < -0.4 is 0 Å². The summed E-state index contributed by atoms with van der Waals surface area (Å²) < 4.78 is 47.9. The molecule has 36 heavy (non-hydrogen) atoms. The number of aliphatic imine (C=N–C) groups is 1. The number of nitrogens with zero attached hydrogens (tertiary/aromatic N) is 4. The van der Waals surface area contributed by atoms with Crippen molar-refractivity contribution in [2.75, 3.05) is 26.3 Å². The van der Waals surface area contributed by atoms with Crippen LogP contribution in [0, 0.1) is 0 Å². The Kier molecular flexibility index (Phi) is 6.95. The molecule has 188 valence electrons. The molecule has 0 spiro atoms. The van der Waals surface area contributed by atoms with Crippen LogP contribution in [0.25, 0.3) is 17.0 Å².